The molecule has 0 aromatic heterocycles. The second-order valence-corrected chi connectivity index (χ2v) is 4.55. The molecular weight excluding hydrogens is 204 g/mol. The van der Waals surface area contributed by atoms with Gasteiger partial charge in [-0.05, 0) is 6.42 Å². The summed E-state index contributed by atoms with van der Waals surface area (Å²) >= 11 is 0. The summed E-state index contributed by atoms with van der Waals surface area (Å²) in [6, 6.07) is 0. The Bertz CT molecular complexity index is 203. The summed E-state index contributed by atoms with van der Waals surface area (Å²) in [7, 11) is 1.42. The van der Waals surface area contributed by atoms with Crippen molar-refractivity contribution in [1.29, 1.82) is 0 Å². The van der Waals surface area contributed by atoms with Crippen LogP contribution in [-0.4, -0.2) is 25.3 Å². The van der Waals surface area contributed by atoms with Gasteiger partial charge in [0.2, 0.25) is 0 Å². The molecule has 0 aromatic carbocycles. The number of unbranched alkanes of at least 4 members (excludes halogenated alkanes) is 5. The van der Waals surface area contributed by atoms with E-state index in [1.165, 1.54) is 45.6 Å². The number of hydrogen-bond acceptors (Lipinski definition) is 3. The van der Waals surface area contributed by atoms with Crippen molar-refractivity contribution in [1.82, 2.24) is 0 Å². The van der Waals surface area contributed by atoms with E-state index in [2.05, 4.69) is 11.7 Å². The van der Waals surface area contributed by atoms with Crippen LogP contribution >= 0.6 is 0 Å². The largest absolute Gasteiger partial charge is 0.469 e. The zero-order valence-corrected chi connectivity index (χ0v) is 10.5. The molecule has 1 aliphatic heterocycles. The van der Waals surface area contributed by atoms with Crippen molar-refractivity contribution in [3.63, 3.8) is 0 Å². The van der Waals surface area contributed by atoms with Gasteiger partial charge in [-0.2, -0.15) is 0 Å². The Morgan fingerprint density at radius 1 is 1.12 bits per heavy atom. The lowest BCUT2D eigenvalue weighted by molar-refractivity contribution is -0.140. The van der Waals surface area contributed by atoms with Gasteiger partial charge in [0.15, 0.2) is 0 Å². The Labute approximate surface area is 98.5 Å². The van der Waals surface area contributed by atoms with Crippen LogP contribution in [0, 0.1) is 0 Å². The highest BCUT2D eigenvalue weighted by molar-refractivity contribution is 5.70. The molecule has 2 unspecified atom stereocenters. The van der Waals surface area contributed by atoms with Crippen LogP contribution in [0.15, 0.2) is 0 Å². The molecule has 1 heterocycles. The highest BCUT2D eigenvalue weighted by Gasteiger charge is 2.39. The number of ether oxygens (including phenoxy) is 2. The number of esters is 1. The fourth-order valence-corrected chi connectivity index (χ4v) is 1.99. The fraction of sp³-hybridized carbons (Fsp3) is 0.923. The monoisotopic (exact) mass is 228 g/mol. The maximum Gasteiger partial charge on any atom is 0.308 e. The molecular formula is C13H24O3. The van der Waals surface area contributed by atoms with Crippen LogP contribution in [-0.2, 0) is 14.3 Å². The van der Waals surface area contributed by atoms with E-state index < -0.39 is 0 Å². The smallest absolute Gasteiger partial charge is 0.308 e. The number of hydrogen-bond donors (Lipinski definition) is 0. The lowest BCUT2D eigenvalue weighted by atomic mass is 10.1. The number of carbonyl (C=O) groups excluding carboxylic acids is 1. The molecule has 1 saturated heterocycles. The zero-order valence-electron chi connectivity index (χ0n) is 10.5. The maximum atomic E-state index is 11.0. The molecule has 1 aliphatic rings. The van der Waals surface area contributed by atoms with Crippen molar-refractivity contribution in [2.45, 2.75) is 70.5 Å². The maximum absolute atomic E-state index is 11.0. The third-order valence-corrected chi connectivity index (χ3v) is 3.13. The topological polar surface area (TPSA) is 38.8 Å². The third kappa shape index (κ3) is 5.50. The van der Waals surface area contributed by atoms with Crippen LogP contribution in [0.2, 0.25) is 0 Å². The molecule has 0 bridgehead atoms. The predicted molar refractivity (Wildman–Crippen MR) is 63.3 cm³/mol. The zero-order chi connectivity index (χ0) is 11.8. The molecule has 0 aliphatic carbocycles. The summed E-state index contributed by atoms with van der Waals surface area (Å²) in [5.74, 6) is -0.157. The second kappa shape index (κ2) is 7.66. The first-order valence-corrected chi connectivity index (χ1v) is 6.50. The first-order chi connectivity index (χ1) is 7.77. The Hall–Kier alpha value is -0.570. The molecule has 1 fully saturated rings. The van der Waals surface area contributed by atoms with Crippen LogP contribution in [0.1, 0.15) is 58.3 Å². The SMILES string of the molecule is CCCCCCCCC1OC1CC(=O)OC. The van der Waals surface area contributed by atoms with Crippen molar-refractivity contribution in [2.75, 3.05) is 7.11 Å². The third-order valence-electron chi connectivity index (χ3n) is 3.13. The number of methoxy groups -OCH3 is 1. The standard InChI is InChI=1S/C13H24O3/c1-3-4-5-6-7-8-9-11-12(16-11)10-13(14)15-2/h11-12H,3-10H2,1-2H3. The van der Waals surface area contributed by atoms with Gasteiger partial charge >= 0.3 is 5.97 Å². The minimum atomic E-state index is -0.157. The molecule has 0 saturated carbocycles. The molecule has 2 atom stereocenters. The molecule has 3 heteroatoms. The second-order valence-electron chi connectivity index (χ2n) is 4.55. The minimum Gasteiger partial charge on any atom is -0.469 e. The molecule has 1 rings (SSSR count). The van der Waals surface area contributed by atoms with E-state index in [4.69, 9.17) is 4.74 Å². The van der Waals surface area contributed by atoms with Crippen molar-refractivity contribution < 1.29 is 14.3 Å². The fourth-order valence-electron chi connectivity index (χ4n) is 1.99. The van der Waals surface area contributed by atoms with E-state index in [1.54, 1.807) is 0 Å². The number of rotatable bonds is 9. The van der Waals surface area contributed by atoms with Crippen LogP contribution in [0.25, 0.3) is 0 Å². The Morgan fingerprint density at radius 2 is 1.81 bits per heavy atom. The summed E-state index contributed by atoms with van der Waals surface area (Å²) in [4.78, 5) is 11.0. The average Bonchev–Trinajstić information content (AvgIpc) is 3.01. The molecule has 3 nitrogen and oxygen atoms in total. The first-order valence-electron chi connectivity index (χ1n) is 6.50. The van der Waals surface area contributed by atoms with Crippen LogP contribution in [0.4, 0.5) is 0 Å². The van der Waals surface area contributed by atoms with Crippen LogP contribution in [0.5, 0.6) is 0 Å². The number of carbonyl (C=O) groups is 1. The Balaban J connectivity index is 1.87. The molecule has 16 heavy (non-hydrogen) atoms. The lowest BCUT2D eigenvalue weighted by Crippen LogP contribution is -2.06. The van der Waals surface area contributed by atoms with Gasteiger partial charge < -0.3 is 9.47 Å². The van der Waals surface area contributed by atoms with Gasteiger partial charge in [0.1, 0.15) is 0 Å². The quantitative estimate of drug-likeness (QED) is 0.346. The van der Waals surface area contributed by atoms with Gasteiger partial charge in [-0.3, -0.25) is 4.79 Å². The molecule has 0 radical (unpaired) electrons. The average molecular weight is 228 g/mol. The van der Waals surface area contributed by atoms with E-state index in [0.717, 1.165) is 6.42 Å². The van der Waals surface area contributed by atoms with E-state index in [-0.39, 0.29) is 12.1 Å². The van der Waals surface area contributed by atoms with Crippen molar-refractivity contribution in [3.8, 4) is 0 Å². The summed E-state index contributed by atoms with van der Waals surface area (Å²) < 4.78 is 10.0. The predicted octanol–water partition coefficient (Wildman–Crippen LogP) is 3.07. The molecule has 0 N–H and O–H groups in total. The van der Waals surface area contributed by atoms with Gasteiger partial charge in [0, 0.05) is 0 Å². The summed E-state index contributed by atoms with van der Waals surface area (Å²) in [6.07, 6.45) is 9.86. The van der Waals surface area contributed by atoms with Crippen molar-refractivity contribution in [2.24, 2.45) is 0 Å². The van der Waals surface area contributed by atoms with Crippen molar-refractivity contribution >= 4 is 5.97 Å². The van der Waals surface area contributed by atoms with Gasteiger partial charge in [-0.25, -0.2) is 0 Å². The van der Waals surface area contributed by atoms with Crippen LogP contribution in [0.3, 0.4) is 0 Å². The van der Waals surface area contributed by atoms with Gasteiger partial charge in [0.05, 0.1) is 25.7 Å². The molecule has 0 spiro atoms. The Morgan fingerprint density at radius 3 is 2.50 bits per heavy atom. The van der Waals surface area contributed by atoms with E-state index in [9.17, 15) is 4.79 Å². The van der Waals surface area contributed by atoms with Gasteiger partial charge in [0.25, 0.3) is 0 Å². The van der Waals surface area contributed by atoms with E-state index in [0.29, 0.717) is 12.5 Å². The van der Waals surface area contributed by atoms with Crippen LogP contribution < -0.4 is 0 Å². The summed E-state index contributed by atoms with van der Waals surface area (Å²) in [5.41, 5.74) is 0. The highest BCUT2D eigenvalue weighted by Crippen LogP contribution is 2.30. The van der Waals surface area contributed by atoms with Gasteiger partial charge in [-0.1, -0.05) is 45.4 Å². The van der Waals surface area contributed by atoms with E-state index >= 15 is 0 Å². The van der Waals surface area contributed by atoms with Crippen molar-refractivity contribution in [3.05, 3.63) is 0 Å². The molecule has 0 amide bonds. The number of epoxide rings is 1. The first kappa shape index (κ1) is 13.5. The molecule has 0 aromatic rings. The highest BCUT2D eigenvalue weighted by atomic mass is 16.6. The normalized spacial score (nSPS) is 23.1. The minimum absolute atomic E-state index is 0.142. The summed E-state index contributed by atoms with van der Waals surface area (Å²) in [6.45, 7) is 2.23. The summed E-state index contributed by atoms with van der Waals surface area (Å²) in [5, 5.41) is 0. The van der Waals surface area contributed by atoms with Gasteiger partial charge in [-0.15, -0.1) is 0 Å². The Kier molecular flexibility index (Phi) is 6.46. The molecule has 94 valence electrons. The van der Waals surface area contributed by atoms with E-state index in [1.807, 2.05) is 0 Å². The lowest BCUT2D eigenvalue weighted by Gasteiger charge is -1.98.